The third-order valence-electron chi connectivity index (χ3n) is 5.45. The monoisotopic (exact) mass is 416 g/mol. The van der Waals surface area contributed by atoms with Crippen LogP contribution in [0.2, 0.25) is 0 Å². The van der Waals surface area contributed by atoms with Gasteiger partial charge in [0.25, 0.3) is 5.91 Å². The molecule has 1 saturated carbocycles. The molecule has 0 spiro atoms. The maximum absolute atomic E-state index is 12.0. The molecular weight excluding hydrogens is 392 g/mol. The molecule has 1 aliphatic carbocycles. The molecule has 3 aromatic rings. The highest BCUT2D eigenvalue weighted by atomic mass is 16.1. The van der Waals surface area contributed by atoms with E-state index in [0.717, 1.165) is 37.1 Å². The number of anilines is 3. The lowest BCUT2D eigenvalue weighted by molar-refractivity contribution is 0.100. The molecule has 158 valence electrons. The van der Waals surface area contributed by atoms with Crippen molar-refractivity contribution in [1.29, 1.82) is 5.26 Å². The van der Waals surface area contributed by atoms with Crippen LogP contribution < -0.4 is 22.1 Å². The summed E-state index contributed by atoms with van der Waals surface area (Å²) in [4.78, 5) is 16.6. The number of nitrogens with one attached hydrogen (secondary N) is 2. The summed E-state index contributed by atoms with van der Waals surface area (Å²) in [6.07, 6.45) is 7.55. The normalized spacial score (nSPS) is 18.2. The van der Waals surface area contributed by atoms with Crippen LogP contribution in [0, 0.1) is 11.3 Å². The van der Waals surface area contributed by atoms with E-state index in [1.807, 2.05) is 36.5 Å². The number of amides is 1. The number of nitriles is 1. The van der Waals surface area contributed by atoms with Gasteiger partial charge < -0.3 is 22.1 Å². The van der Waals surface area contributed by atoms with Gasteiger partial charge in [0.05, 0.1) is 16.8 Å². The van der Waals surface area contributed by atoms with Crippen molar-refractivity contribution < 1.29 is 4.79 Å². The number of carbonyl (C=O) groups excluding carboxylic acids is 1. The van der Waals surface area contributed by atoms with E-state index < -0.39 is 5.91 Å². The number of rotatable bonds is 6. The molecule has 0 radical (unpaired) electrons. The predicted octanol–water partition coefficient (Wildman–Crippen LogP) is 2.66. The first-order valence-corrected chi connectivity index (χ1v) is 10.2. The highest BCUT2D eigenvalue weighted by molar-refractivity contribution is 5.99. The third kappa shape index (κ3) is 4.49. The van der Waals surface area contributed by atoms with Crippen molar-refractivity contribution in [2.24, 2.45) is 11.5 Å². The molecule has 1 aromatic carbocycles. The molecule has 2 atom stereocenters. The Hall–Kier alpha value is -3.90. The zero-order valence-corrected chi connectivity index (χ0v) is 17.0. The summed E-state index contributed by atoms with van der Waals surface area (Å²) >= 11 is 0. The first-order chi connectivity index (χ1) is 15.0. The number of benzene rings is 1. The molecule has 4 rings (SSSR count). The summed E-state index contributed by atoms with van der Waals surface area (Å²) in [5.41, 5.74) is 13.8. The van der Waals surface area contributed by atoms with Crippen LogP contribution in [0.1, 0.15) is 41.6 Å². The molecule has 2 aromatic heterocycles. The number of pyridine rings is 1. The minimum absolute atomic E-state index is 0.0100. The molecule has 1 aliphatic rings. The summed E-state index contributed by atoms with van der Waals surface area (Å²) in [6, 6.07) is 12.9. The Bertz CT molecular complexity index is 1100. The predicted molar refractivity (Wildman–Crippen MR) is 118 cm³/mol. The van der Waals surface area contributed by atoms with Gasteiger partial charge in [0.15, 0.2) is 0 Å². The van der Waals surface area contributed by atoms with E-state index in [0.29, 0.717) is 5.82 Å². The second-order valence-electron chi connectivity index (χ2n) is 7.58. The molecule has 0 bridgehead atoms. The van der Waals surface area contributed by atoms with E-state index in [2.05, 4.69) is 26.8 Å². The van der Waals surface area contributed by atoms with Crippen LogP contribution in [-0.4, -0.2) is 32.8 Å². The van der Waals surface area contributed by atoms with Crippen molar-refractivity contribution in [2.75, 3.05) is 10.6 Å². The summed E-state index contributed by atoms with van der Waals surface area (Å²) in [5.74, 6) is 0.0105. The van der Waals surface area contributed by atoms with Gasteiger partial charge in [-0.05, 0) is 49.2 Å². The van der Waals surface area contributed by atoms with Gasteiger partial charge in [0.1, 0.15) is 17.7 Å². The largest absolute Gasteiger partial charge is 0.365 e. The van der Waals surface area contributed by atoms with Crippen molar-refractivity contribution in [3.8, 4) is 11.8 Å². The molecule has 9 nitrogen and oxygen atoms in total. The van der Waals surface area contributed by atoms with Crippen LogP contribution in [-0.2, 0) is 0 Å². The number of aromatic nitrogens is 3. The Morgan fingerprint density at radius 3 is 2.61 bits per heavy atom. The van der Waals surface area contributed by atoms with Gasteiger partial charge in [0.2, 0.25) is 0 Å². The maximum Gasteiger partial charge on any atom is 0.252 e. The van der Waals surface area contributed by atoms with E-state index in [1.54, 1.807) is 10.9 Å². The van der Waals surface area contributed by atoms with Crippen molar-refractivity contribution in [3.63, 3.8) is 0 Å². The Kier molecular flexibility index (Phi) is 5.82. The molecule has 0 unspecified atom stereocenters. The molecule has 31 heavy (non-hydrogen) atoms. The quantitative estimate of drug-likeness (QED) is 0.483. The lowest BCUT2D eigenvalue weighted by Crippen LogP contribution is -2.43. The highest BCUT2D eigenvalue weighted by Gasteiger charge is 2.24. The fourth-order valence-electron chi connectivity index (χ4n) is 3.76. The number of nitrogens with two attached hydrogens (primary N) is 2. The molecule has 9 heteroatoms. The van der Waals surface area contributed by atoms with E-state index in [9.17, 15) is 10.1 Å². The van der Waals surface area contributed by atoms with E-state index in [4.69, 9.17) is 11.5 Å². The van der Waals surface area contributed by atoms with Crippen LogP contribution in [0.15, 0.2) is 48.8 Å². The zero-order chi connectivity index (χ0) is 21.8. The van der Waals surface area contributed by atoms with Crippen molar-refractivity contribution in [2.45, 2.75) is 37.8 Å². The van der Waals surface area contributed by atoms with Gasteiger partial charge in [0, 0.05) is 30.2 Å². The Balaban J connectivity index is 1.63. The van der Waals surface area contributed by atoms with Crippen molar-refractivity contribution in [1.82, 2.24) is 14.8 Å². The molecule has 0 aliphatic heterocycles. The minimum atomic E-state index is -0.666. The first kappa shape index (κ1) is 20.4. The van der Waals surface area contributed by atoms with Crippen LogP contribution in [0.5, 0.6) is 0 Å². The first-order valence-electron chi connectivity index (χ1n) is 10.2. The molecule has 1 amide bonds. The van der Waals surface area contributed by atoms with Gasteiger partial charge in [-0.25, -0.2) is 9.67 Å². The molecule has 6 N–H and O–H groups in total. The van der Waals surface area contributed by atoms with Gasteiger partial charge in [-0.2, -0.15) is 10.4 Å². The van der Waals surface area contributed by atoms with Crippen LogP contribution in [0.3, 0.4) is 0 Å². The van der Waals surface area contributed by atoms with E-state index in [1.165, 1.54) is 6.07 Å². The molecule has 0 saturated heterocycles. The zero-order valence-electron chi connectivity index (χ0n) is 17.0. The van der Waals surface area contributed by atoms with Gasteiger partial charge >= 0.3 is 0 Å². The van der Waals surface area contributed by atoms with Crippen molar-refractivity contribution >= 4 is 23.2 Å². The average Bonchev–Trinajstić information content (AvgIpc) is 3.31. The fraction of sp³-hybridized carbons (Fsp3) is 0.273. The van der Waals surface area contributed by atoms with E-state index in [-0.39, 0.29) is 29.0 Å². The fourth-order valence-corrected chi connectivity index (χ4v) is 3.76. The molecule has 2 heterocycles. The molecule has 1 fully saturated rings. The maximum atomic E-state index is 12.0. The summed E-state index contributed by atoms with van der Waals surface area (Å²) in [7, 11) is 0. The van der Waals surface area contributed by atoms with E-state index >= 15 is 0 Å². The SMILES string of the molecule is N#Cc1cc(C(N)=O)c(Nc2ccc(-n3cccn3)cc2)nc1N[C@@H]1CCCC[C@@H]1N. The number of hydrogen-bond acceptors (Lipinski definition) is 7. The van der Waals surface area contributed by atoms with Crippen molar-refractivity contribution in [3.05, 3.63) is 59.9 Å². The minimum Gasteiger partial charge on any atom is -0.365 e. The number of carbonyl (C=O) groups is 1. The van der Waals surface area contributed by atoms with Gasteiger partial charge in [-0.15, -0.1) is 0 Å². The Morgan fingerprint density at radius 1 is 1.19 bits per heavy atom. The number of primary amides is 1. The second-order valence-corrected chi connectivity index (χ2v) is 7.58. The third-order valence-corrected chi connectivity index (χ3v) is 5.45. The van der Waals surface area contributed by atoms with Crippen LogP contribution in [0.4, 0.5) is 17.3 Å². The lowest BCUT2D eigenvalue weighted by atomic mass is 9.91. The molecular formula is C22H24N8O. The standard InChI is InChI=1S/C22H24N8O/c23-13-14-12-17(20(25)31)22(29-21(14)28-19-5-2-1-4-18(19)24)27-15-6-8-16(9-7-15)30-11-3-10-26-30/h3,6-12,18-19H,1-2,4-5,24H2,(H2,25,31)(H2,27,28,29)/t18-,19+/m0/s1. The Morgan fingerprint density at radius 2 is 1.97 bits per heavy atom. The highest BCUT2D eigenvalue weighted by Crippen LogP contribution is 2.27. The lowest BCUT2D eigenvalue weighted by Gasteiger charge is -2.30. The van der Waals surface area contributed by atoms with Gasteiger partial charge in [-0.3, -0.25) is 4.79 Å². The van der Waals surface area contributed by atoms with Crippen LogP contribution in [0.25, 0.3) is 5.69 Å². The topological polar surface area (TPSA) is 148 Å². The van der Waals surface area contributed by atoms with Crippen LogP contribution >= 0.6 is 0 Å². The summed E-state index contributed by atoms with van der Waals surface area (Å²) in [6.45, 7) is 0. The number of hydrogen-bond donors (Lipinski definition) is 4. The average molecular weight is 416 g/mol. The smallest absolute Gasteiger partial charge is 0.252 e. The number of nitrogens with zero attached hydrogens (tertiary/aromatic N) is 4. The second kappa shape index (κ2) is 8.85. The summed E-state index contributed by atoms with van der Waals surface area (Å²) in [5, 5.41) is 20.2. The Labute approximate surface area is 180 Å². The summed E-state index contributed by atoms with van der Waals surface area (Å²) < 4.78 is 1.74. The van der Waals surface area contributed by atoms with Gasteiger partial charge in [-0.1, -0.05) is 12.8 Å².